The van der Waals surface area contributed by atoms with Crippen LogP contribution in [0.1, 0.15) is 0 Å². The van der Waals surface area contributed by atoms with Crippen LogP contribution in [0.4, 0.5) is 0 Å². The molecule has 0 fully saturated rings. The van der Waals surface area contributed by atoms with Gasteiger partial charge in [0.2, 0.25) is 5.56 Å². The quantitative estimate of drug-likeness (QED) is 0.486. The predicted molar refractivity (Wildman–Crippen MR) is 114 cm³/mol. The fraction of sp³-hybridized carbons (Fsp3) is 0. The SMILES string of the molecule is O=c1ccc2cc(-c3cc(Cl)c4ncccc4c3)c(-n3ccccc3=O)nc2[nH]1. The maximum Gasteiger partial charge on any atom is 0.256 e. The monoisotopic (exact) mass is 400 g/mol. The van der Waals surface area contributed by atoms with Crippen LogP contribution in [0.3, 0.4) is 0 Å². The molecule has 4 aromatic heterocycles. The van der Waals surface area contributed by atoms with E-state index in [4.69, 9.17) is 11.6 Å². The third-order valence-electron chi connectivity index (χ3n) is 4.71. The molecule has 0 bridgehead atoms. The zero-order valence-corrected chi connectivity index (χ0v) is 15.7. The summed E-state index contributed by atoms with van der Waals surface area (Å²) < 4.78 is 1.45. The lowest BCUT2D eigenvalue weighted by Crippen LogP contribution is -2.18. The second-order valence-corrected chi connectivity index (χ2v) is 6.97. The molecule has 0 aliphatic heterocycles. The van der Waals surface area contributed by atoms with E-state index < -0.39 is 0 Å². The van der Waals surface area contributed by atoms with Crippen molar-refractivity contribution in [2.45, 2.75) is 0 Å². The van der Waals surface area contributed by atoms with Gasteiger partial charge in [0.25, 0.3) is 5.56 Å². The van der Waals surface area contributed by atoms with E-state index in [1.54, 1.807) is 30.6 Å². The lowest BCUT2D eigenvalue weighted by Gasteiger charge is -2.13. The average molecular weight is 401 g/mol. The summed E-state index contributed by atoms with van der Waals surface area (Å²) in [6.07, 6.45) is 3.34. The summed E-state index contributed by atoms with van der Waals surface area (Å²) >= 11 is 6.48. The van der Waals surface area contributed by atoms with Crippen molar-refractivity contribution in [3.8, 4) is 16.9 Å². The van der Waals surface area contributed by atoms with E-state index in [-0.39, 0.29) is 11.1 Å². The van der Waals surface area contributed by atoms with Gasteiger partial charge in [0.05, 0.1) is 10.5 Å². The van der Waals surface area contributed by atoms with Crippen molar-refractivity contribution in [3.63, 3.8) is 0 Å². The first-order valence-corrected chi connectivity index (χ1v) is 9.25. The Morgan fingerprint density at radius 2 is 1.83 bits per heavy atom. The van der Waals surface area contributed by atoms with Gasteiger partial charge >= 0.3 is 0 Å². The van der Waals surface area contributed by atoms with Crippen LogP contribution < -0.4 is 11.1 Å². The van der Waals surface area contributed by atoms with Gasteiger partial charge in [-0.3, -0.25) is 19.1 Å². The molecule has 0 saturated carbocycles. The van der Waals surface area contributed by atoms with Crippen molar-refractivity contribution in [1.82, 2.24) is 19.5 Å². The van der Waals surface area contributed by atoms with E-state index in [1.165, 1.54) is 16.7 Å². The van der Waals surface area contributed by atoms with Gasteiger partial charge in [-0.25, -0.2) is 4.98 Å². The number of halogens is 1. The summed E-state index contributed by atoms with van der Waals surface area (Å²) in [5, 5.41) is 2.13. The number of hydrogen-bond acceptors (Lipinski definition) is 4. The molecule has 0 spiro atoms. The molecule has 7 heteroatoms. The number of H-pyrrole nitrogens is 1. The zero-order valence-electron chi connectivity index (χ0n) is 15.0. The minimum atomic E-state index is -0.260. The van der Waals surface area contributed by atoms with Crippen molar-refractivity contribution in [1.29, 1.82) is 0 Å². The number of benzene rings is 1. The highest BCUT2D eigenvalue weighted by molar-refractivity contribution is 6.35. The van der Waals surface area contributed by atoms with Crippen molar-refractivity contribution in [2.24, 2.45) is 0 Å². The number of pyridine rings is 4. The summed E-state index contributed by atoms with van der Waals surface area (Å²) in [5.74, 6) is 0.407. The standard InChI is InChI=1S/C22H13ClN4O2/c23-17-12-15(10-13-4-3-8-24-20(13)17)16-11-14-6-7-18(28)25-21(14)26-22(16)27-9-2-1-5-19(27)29/h1-12H,(H,25,26,28). The van der Waals surface area contributed by atoms with Crippen LogP contribution in [0.15, 0.2) is 82.6 Å². The van der Waals surface area contributed by atoms with E-state index in [2.05, 4.69) is 15.0 Å². The van der Waals surface area contributed by atoms with Crippen molar-refractivity contribution >= 4 is 33.5 Å². The molecular formula is C22H13ClN4O2. The molecule has 29 heavy (non-hydrogen) atoms. The second-order valence-electron chi connectivity index (χ2n) is 6.56. The first-order chi connectivity index (χ1) is 14.1. The summed E-state index contributed by atoms with van der Waals surface area (Å²) in [5.41, 5.74) is 2.12. The summed E-state index contributed by atoms with van der Waals surface area (Å²) in [6, 6.07) is 17.4. The van der Waals surface area contributed by atoms with Gasteiger partial charge in [0, 0.05) is 40.9 Å². The van der Waals surface area contributed by atoms with Gasteiger partial charge < -0.3 is 4.98 Å². The third-order valence-corrected chi connectivity index (χ3v) is 5.00. The van der Waals surface area contributed by atoms with E-state index in [1.807, 2.05) is 30.3 Å². The van der Waals surface area contributed by atoms with E-state index in [9.17, 15) is 9.59 Å². The Kier molecular flexibility index (Phi) is 4.00. The number of fused-ring (bicyclic) bond motifs is 2. The minimum absolute atomic E-state index is 0.229. The molecular weight excluding hydrogens is 388 g/mol. The van der Waals surface area contributed by atoms with Crippen molar-refractivity contribution in [2.75, 3.05) is 0 Å². The highest BCUT2D eigenvalue weighted by Crippen LogP contribution is 2.33. The Morgan fingerprint density at radius 3 is 2.69 bits per heavy atom. The molecule has 0 radical (unpaired) electrons. The number of hydrogen-bond donors (Lipinski definition) is 1. The maximum atomic E-state index is 12.5. The molecule has 4 heterocycles. The molecule has 0 atom stereocenters. The molecule has 140 valence electrons. The van der Waals surface area contributed by atoms with E-state index in [0.717, 1.165) is 16.3 Å². The lowest BCUT2D eigenvalue weighted by molar-refractivity contribution is 0.948. The smallest absolute Gasteiger partial charge is 0.256 e. The summed E-state index contributed by atoms with van der Waals surface area (Å²) in [7, 11) is 0. The number of nitrogens with one attached hydrogen (secondary N) is 1. The highest BCUT2D eigenvalue weighted by atomic mass is 35.5. The normalized spacial score (nSPS) is 11.2. The van der Waals surface area contributed by atoms with Gasteiger partial charge in [0.15, 0.2) is 0 Å². The van der Waals surface area contributed by atoms with Crippen LogP contribution in [-0.2, 0) is 0 Å². The predicted octanol–water partition coefficient (Wildman–Crippen LogP) is 3.94. The van der Waals surface area contributed by atoms with Crippen LogP contribution >= 0.6 is 11.6 Å². The van der Waals surface area contributed by atoms with Crippen LogP contribution in [0.5, 0.6) is 0 Å². The molecule has 0 amide bonds. The summed E-state index contributed by atoms with van der Waals surface area (Å²) in [4.78, 5) is 35.9. The second kappa shape index (κ2) is 6.68. The minimum Gasteiger partial charge on any atom is -0.307 e. The molecule has 0 aliphatic carbocycles. The van der Waals surface area contributed by atoms with Crippen LogP contribution in [0.2, 0.25) is 5.02 Å². The van der Waals surface area contributed by atoms with Crippen molar-refractivity contribution in [3.05, 3.63) is 98.8 Å². The Balaban J connectivity index is 1.88. The number of aromatic nitrogens is 4. The fourth-order valence-electron chi connectivity index (χ4n) is 3.37. The van der Waals surface area contributed by atoms with Crippen molar-refractivity contribution < 1.29 is 0 Å². The Bertz CT molecular complexity index is 1520. The van der Waals surface area contributed by atoms with Crippen LogP contribution in [0, 0.1) is 0 Å². The summed E-state index contributed by atoms with van der Waals surface area (Å²) in [6.45, 7) is 0. The molecule has 0 unspecified atom stereocenters. The molecule has 5 rings (SSSR count). The largest absolute Gasteiger partial charge is 0.307 e. The van der Waals surface area contributed by atoms with Gasteiger partial charge in [-0.05, 0) is 42.0 Å². The average Bonchev–Trinajstić information content (AvgIpc) is 2.73. The van der Waals surface area contributed by atoms with Gasteiger partial charge in [-0.15, -0.1) is 0 Å². The Labute approximate surface area is 169 Å². The molecule has 5 aromatic rings. The fourth-order valence-corrected chi connectivity index (χ4v) is 3.65. The van der Waals surface area contributed by atoms with Gasteiger partial charge in [0.1, 0.15) is 11.5 Å². The topological polar surface area (TPSA) is 80.6 Å². The molecule has 1 N–H and O–H groups in total. The molecule has 1 aromatic carbocycles. The van der Waals surface area contributed by atoms with Crippen LogP contribution in [-0.4, -0.2) is 19.5 Å². The van der Waals surface area contributed by atoms with E-state index >= 15 is 0 Å². The Hall–Kier alpha value is -3.77. The van der Waals surface area contributed by atoms with Gasteiger partial charge in [-0.2, -0.15) is 0 Å². The van der Waals surface area contributed by atoms with Crippen LogP contribution in [0.25, 0.3) is 38.9 Å². The lowest BCUT2D eigenvalue weighted by atomic mass is 10.0. The number of rotatable bonds is 2. The van der Waals surface area contributed by atoms with E-state index in [0.29, 0.717) is 27.6 Å². The van der Waals surface area contributed by atoms with Gasteiger partial charge in [-0.1, -0.05) is 23.7 Å². The zero-order chi connectivity index (χ0) is 20.0. The third kappa shape index (κ3) is 2.99. The molecule has 0 aliphatic rings. The first-order valence-electron chi connectivity index (χ1n) is 8.87. The Morgan fingerprint density at radius 1 is 0.931 bits per heavy atom. The molecule has 0 saturated heterocycles. The number of nitrogens with zero attached hydrogens (tertiary/aromatic N) is 3. The first kappa shape index (κ1) is 17.3. The maximum absolute atomic E-state index is 12.5. The molecule has 6 nitrogen and oxygen atoms in total. The number of aromatic amines is 1. The highest BCUT2D eigenvalue weighted by Gasteiger charge is 2.15.